The van der Waals surface area contributed by atoms with Crippen molar-refractivity contribution < 1.29 is 4.21 Å². The quantitative estimate of drug-likeness (QED) is 0.782. The van der Waals surface area contributed by atoms with Gasteiger partial charge in [-0.3, -0.25) is 9.00 Å². The molecule has 0 saturated heterocycles. The zero-order valence-corrected chi connectivity index (χ0v) is 9.59. The average molecular weight is 238 g/mol. The van der Waals surface area contributed by atoms with E-state index in [9.17, 15) is 9.00 Å². The minimum Gasteiger partial charge on any atom is -0.340 e. The zero-order chi connectivity index (χ0) is 11.7. The molecule has 16 heavy (non-hydrogen) atoms. The maximum absolute atomic E-state index is 11.5. The first-order valence-corrected chi connectivity index (χ1v) is 6.08. The number of nitrogens with one attached hydrogen (secondary N) is 2. The lowest BCUT2D eigenvalue weighted by atomic mass is 10.4. The van der Waals surface area contributed by atoms with Crippen LogP contribution < -0.4 is 5.56 Å². The lowest BCUT2D eigenvalue weighted by Gasteiger charge is -1.98. The molecule has 0 amide bonds. The van der Waals surface area contributed by atoms with Crippen LogP contribution in [-0.4, -0.2) is 30.4 Å². The summed E-state index contributed by atoms with van der Waals surface area (Å²) < 4.78 is 11.1. The van der Waals surface area contributed by atoms with Crippen LogP contribution in [0.1, 0.15) is 5.82 Å². The lowest BCUT2D eigenvalue weighted by Crippen LogP contribution is -2.15. The molecule has 2 heterocycles. The number of aryl methyl sites for hydroxylation is 1. The smallest absolute Gasteiger partial charge is 0.267 e. The van der Waals surface area contributed by atoms with E-state index in [0.717, 1.165) is 5.82 Å². The van der Waals surface area contributed by atoms with Gasteiger partial charge < -0.3 is 9.97 Å². The summed E-state index contributed by atoms with van der Waals surface area (Å²) in [5.41, 5.74) is 0.237. The number of rotatable bonds is 2. The van der Waals surface area contributed by atoms with Crippen molar-refractivity contribution in [2.75, 3.05) is 6.26 Å². The van der Waals surface area contributed by atoms with E-state index in [-0.39, 0.29) is 4.90 Å². The van der Waals surface area contributed by atoms with Crippen molar-refractivity contribution in [3.05, 3.63) is 28.6 Å². The molecular formula is C9H10N4O2S. The predicted octanol–water partition coefficient (Wildman–Crippen LogP) is 0.206. The van der Waals surface area contributed by atoms with Gasteiger partial charge in [-0.2, -0.15) is 0 Å². The molecule has 0 spiro atoms. The van der Waals surface area contributed by atoms with Crippen molar-refractivity contribution >= 4 is 10.8 Å². The van der Waals surface area contributed by atoms with Gasteiger partial charge in [0.2, 0.25) is 0 Å². The Morgan fingerprint density at radius 2 is 2.00 bits per heavy atom. The molecule has 0 aliphatic heterocycles. The Bertz CT molecular complexity index is 602. The third kappa shape index (κ3) is 1.94. The van der Waals surface area contributed by atoms with E-state index in [2.05, 4.69) is 19.9 Å². The van der Waals surface area contributed by atoms with Gasteiger partial charge in [0.15, 0.2) is 5.82 Å². The summed E-state index contributed by atoms with van der Waals surface area (Å²) in [4.78, 5) is 25.2. The van der Waals surface area contributed by atoms with Gasteiger partial charge in [-0.15, -0.1) is 0 Å². The Morgan fingerprint density at radius 3 is 2.50 bits per heavy atom. The molecule has 0 fully saturated rings. The van der Waals surface area contributed by atoms with E-state index >= 15 is 0 Å². The molecule has 1 atom stereocenters. The Balaban J connectivity index is 2.50. The minimum atomic E-state index is -1.33. The second-order valence-corrected chi connectivity index (χ2v) is 4.61. The van der Waals surface area contributed by atoms with E-state index in [0.29, 0.717) is 11.5 Å². The maximum atomic E-state index is 11.5. The van der Waals surface area contributed by atoms with Crippen LogP contribution >= 0.6 is 0 Å². The highest BCUT2D eigenvalue weighted by Gasteiger charge is 2.08. The fourth-order valence-corrected chi connectivity index (χ4v) is 1.78. The summed E-state index contributed by atoms with van der Waals surface area (Å²) in [5, 5.41) is 0. The second kappa shape index (κ2) is 4.01. The fraction of sp³-hybridized carbons (Fsp3) is 0.222. The summed E-state index contributed by atoms with van der Waals surface area (Å²) in [6.07, 6.45) is 4.34. The molecule has 0 aromatic carbocycles. The molecule has 7 heteroatoms. The molecule has 1 unspecified atom stereocenters. The van der Waals surface area contributed by atoms with Gasteiger partial charge in [0.05, 0.1) is 23.2 Å². The van der Waals surface area contributed by atoms with E-state index in [1.54, 1.807) is 13.1 Å². The number of hydrogen-bond acceptors (Lipinski definition) is 4. The SMILES string of the molecule is Cc1ncc(-c2ncc(S(C)=O)c(=O)[nH]2)[nH]1. The normalized spacial score (nSPS) is 12.6. The zero-order valence-electron chi connectivity index (χ0n) is 8.77. The molecule has 0 radical (unpaired) electrons. The minimum absolute atomic E-state index is 0.167. The Hall–Kier alpha value is -1.76. The van der Waals surface area contributed by atoms with Gasteiger partial charge in [-0.1, -0.05) is 0 Å². The van der Waals surface area contributed by atoms with Crippen molar-refractivity contribution in [1.82, 2.24) is 19.9 Å². The summed E-state index contributed by atoms with van der Waals surface area (Å²) in [6, 6.07) is 0. The Morgan fingerprint density at radius 1 is 1.25 bits per heavy atom. The Kier molecular flexibility index (Phi) is 2.69. The van der Waals surface area contributed by atoms with Crippen LogP contribution in [-0.2, 0) is 10.8 Å². The van der Waals surface area contributed by atoms with Gasteiger partial charge in [-0.05, 0) is 6.92 Å². The van der Waals surface area contributed by atoms with Crippen LogP contribution in [0, 0.1) is 6.92 Å². The van der Waals surface area contributed by atoms with Crippen LogP contribution in [0.25, 0.3) is 11.5 Å². The third-order valence-electron chi connectivity index (χ3n) is 2.03. The number of aromatic amines is 2. The average Bonchev–Trinajstić information content (AvgIpc) is 2.64. The van der Waals surface area contributed by atoms with Gasteiger partial charge in [0.1, 0.15) is 16.4 Å². The van der Waals surface area contributed by atoms with E-state index in [4.69, 9.17) is 0 Å². The molecule has 2 rings (SSSR count). The number of aromatic nitrogens is 4. The molecule has 0 aliphatic carbocycles. The van der Waals surface area contributed by atoms with E-state index in [1.165, 1.54) is 12.5 Å². The van der Waals surface area contributed by atoms with Crippen molar-refractivity contribution in [3.63, 3.8) is 0 Å². The van der Waals surface area contributed by atoms with Crippen LogP contribution in [0.4, 0.5) is 0 Å². The van der Waals surface area contributed by atoms with Crippen LogP contribution in [0.5, 0.6) is 0 Å². The van der Waals surface area contributed by atoms with Gasteiger partial charge in [0, 0.05) is 6.26 Å². The predicted molar refractivity (Wildman–Crippen MR) is 59.5 cm³/mol. The highest BCUT2D eigenvalue weighted by atomic mass is 32.2. The molecule has 0 bridgehead atoms. The highest BCUT2D eigenvalue weighted by molar-refractivity contribution is 7.84. The first-order valence-electron chi connectivity index (χ1n) is 4.52. The Labute approximate surface area is 93.6 Å². The largest absolute Gasteiger partial charge is 0.340 e. The summed E-state index contributed by atoms with van der Waals surface area (Å²) in [5.74, 6) is 1.13. The summed E-state index contributed by atoms with van der Waals surface area (Å²) >= 11 is 0. The van der Waals surface area contributed by atoms with Crippen LogP contribution in [0.15, 0.2) is 22.1 Å². The molecule has 2 N–H and O–H groups in total. The topological polar surface area (TPSA) is 91.5 Å². The lowest BCUT2D eigenvalue weighted by molar-refractivity contribution is 0.685. The van der Waals surface area contributed by atoms with Crippen LogP contribution in [0.3, 0.4) is 0 Å². The molecule has 0 saturated carbocycles. The monoisotopic (exact) mass is 238 g/mol. The van der Waals surface area contributed by atoms with Crippen molar-refractivity contribution in [3.8, 4) is 11.5 Å². The van der Waals surface area contributed by atoms with Crippen molar-refractivity contribution in [2.45, 2.75) is 11.8 Å². The molecule has 6 nitrogen and oxygen atoms in total. The number of imidazole rings is 1. The van der Waals surface area contributed by atoms with Crippen LogP contribution in [0.2, 0.25) is 0 Å². The van der Waals surface area contributed by atoms with Crippen molar-refractivity contribution in [2.24, 2.45) is 0 Å². The van der Waals surface area contributed by atoms with Crippen molar-refractivity contribution in [1.29, 1.82) is 0 Å². The standard InChI is InChI=1S/C9H10N4O2S/c1-5-10-3-6(12-5)8-11-4-7(16(2)15)9(14)13-8/h3-4H,1-2H3,(H,10,12)(H,11,13,14). The number of hydrogen-bond donors (Lipinski definition) is 2. The van der Waals surface area contributed by atoms with Gasteiger partial charge >= 0.3 is 0 Å². The third-order valence-corrected chi connectivity index (χ3v) is 2.94. The molecular weight excluding hydrogens is 228 g/mol. The number of nitrogens with zero attached hydrogens (tertiary/aromatic N) is 2. The molecule has 2 aromatic heterocycles. The van der Waals surface area contributed by atoms with E-state index < -0.39 is 16.4 Å². The second-order valence-electron chi connectivity index (χ2n) is 3.26. The summed E-state index contributed by atoms with van der Waals surface area (Å²) in [7, 11) is -1.33. The highest BCUT2D eigenvalue weighted by Crippen LogP contribution is 2.09. The molecule has 2 aromatic rings. The van der Waals surface area contributed by atoms with Gasteiger partial charge in [-0.25, -0.2) is 9.97 Å². The molecule has 84 valence electrons. The summed E-state index contributed by atoms with van der Waals surface area (Å²) in [6.45, 7) is 1.80. The fourth-order valence-electron chi connectivity index (χ4n) is 1.27. The van der Waals surface area contributed by atoms with Gasteiger partial charge in [0.25, 0.3) is 5.56 Å². The molecule has 0 aliphatic rings. The number of H-pyrrole nitrogens is 2. The first kappa shape index (κ1) is 10.7. The first-order chi connectivity index (χ1) is 7.58. The van der Waals surface area contributed by atoms with E-state index in [1.807, 2.05) is 0 Å². The maximum Gasteiger partial charge on any atom is 0.267 e.